The van der Waals surface area contributed by atoms with Crippen LogP contribution in [0.2, 0.25) is 0 Å². The molecule has 0 aliphatic heterocycles. The third-order valence-electron chi connectivity index (χ3n) is 0.981. The molecule has 0 saturated heterocycles. The number of amides is 1. The number of halogens is 3. The van der Waals surface area contributed by atoms with Gasteiger partial charge < -0.3 is 11.1 Å². The molecule has 0 rings (SSSR count). The normalized spacial score (nSPS) is 11.4. The third kappa shape index (κ3) is 9.48. The summed E-state index contributed by atoms with van der Waals surface area (Å²) in [4.78, 5) is 10.7. The Morgan fingerprint density at radius 3 is 2.54 bits per heavy atom. The molecular weight excluding hydrogens is 205 g/mol. The summed E-state index contributed by atoms with van der Waals surface area (Å²) in [5, 5.41) is 1.76. The fourth-order valence-electron chi connectivity index (χ4n) is 0.498. The number of hydrogen-bond donors (Lipinski definition) is 2. The van der Waals surface area contributed by atoms with E-state index >= 15 is 0 Å². The Hall–Kier alpha value is -0.430. The highest BCUT2D eigenvalue weighted by molar-refractivity contribution is 7.99. The number of hydrogen-bond acceptors (Lipinski definition) is 3. The van der Waals surface area contributed by atoms with Crippen LogP contribution < -0.4 is 11.1 Å². The van der Waals surface area contributed by atoms with Crippen molar-refractivity contribution in [3.05, 3.63) is 0 Å². The van der Waals surface area contributed by atoms with E-state index in [2.05, 4.69) is 0 Å². The fraction of sp³-hybridized carbons (Fsp3) is 0.833. The summed E-state index contributed by atoms with van der Waals surface area (Å²) in [5.74, 6) is -0.0250. The molecule has 78 valence electrons. The van der Waals surface area contributed by atoms with Crippen molar-refractivity contribution in [2.24, 2.45) is 5.73 Å². The molecule has 0 aromatic carbocycles. The van der Waals surface area contributed by atoms with Crippen LogP contribution in [0.15, 0.2) is 0 Å². The molecular formula is C6H11F3N2OS. The minimum Gasteiger partial charge on any atom is -0.346 e. The highest BCUT2D eigenvalue weighted by Crippen LogP contribution is 2.12. The molecule has 0 unspecified atom stereocenters. The van der Waals surface area contributed by atoms with Crippen molar-refractivity contribution in [1.82, 2.24) is 5.32 Å². The van der Waals surface area contributed by atoms with Crippen LogP contribution in [0.4, 0.5) is 13.2 Å². The molecule has 13 heavy (non-hydrogen) atoms. The van der Waals surface area contributed by atoms with Gasteiger partial charge in [-0.05, 0) is 0 Å². The maximum atomic E-state index is 11.6. The quantitative estimate of drug-likeness (QED) is 0.652. The second-order valence-corrected chi connectivity index (χ2v) is 3.34. The average Bonchev–Trinajstić information content (AvgIpc) is 2.00. The summed E-state index contributed by atoms with van der Waals surface area (Å²) >= 11 is 1.21. The van der Waals surface area contributed by atoms with Crippen LogP contribution in [0.1, 0.15) is 0 Å². The van der Waals surface area contributed by atoms with Crippen molar-refractivity contribution in [1.29, 1.82) is 0 Å². The Labute approximate surface area is 78.2 Å². The van der Waals surface area contributed by atoms with Gasteiger partial charge >= 0.3 is 6.18 Å². The van der Waals surface area contributed by atoms with Crippen LogP contribution >= 0.6 is 11.8 Å². The number of carbonyl (C=O) groups excluding carboxylic acids is 1. The number of thioether (sulfide) groups is 1. The summed E-state index contributed by atoms with van der Waals surface area (Å²) in [6.45, 7) is -0.855. The van der Waals surface area contributed by atoms with Gasteiger partial charge in [0.05, 0.1) is 5.75 Å². The van der Waals surface area contributed by atoms with E-state index < -0.39 is 18.6 Å². The van der Waals surface area contributed by atoms with E-state index in [0.29, 0.717) is 12.3 Å². The zero-order valence-corrected chi connectivity index (χ0v) is 7.67. The molecule has 0 atom stereocenters. The van der Waals surface area contributed by atoms with Crippen molar-refractivity contribution >= 4 is 17.7 Å². The Balaban J connectivity index is 3.41. The Kier molecular flexibility index (Phi) is 5.89. The molecule has 3 N–H and O–H groups in total. The molecule has 7 heteroatoms. The van der Waals surface area contributed by atoms with Crippen molar-refractivity contribution in [3.8, 4) is 0 Å². The Morgan fingerprint density at radius 1 is 1.46 bits per heavy atom. The fourth-order valence-corrected chi connectivity index (χ4v) is 1.10. The second kappa shape index (κ2) is 6.09. The van der Waals surface area contributed by atoms with Gasteiger partial charge in [-0.1, -0.05) is 0 Å². The van der Waals surface area contributed by atoms with Gasteiger partial charge in [0.1, 0.15) is 6.54 Å². The molecule has 0 fully saturated rings. The zero-order valence-electron chi connectivity index (χ0n) is 6.86. The van der Waals surface area contributed by atoms with Gasteiger partial charge in [-0.2, -0.15) is 24.9 Å². The number of carbonyl (C=O) groups is 1. The first-order valence-electron chi connectivity index (χ1n) is 3.57. The van der Waals surface area contributed by atoms with Crippen LogP contribution in [-0.2, 0) is 4.79 Å². The SMILES string of the molecule is NCCSCC(=O)NCC(F)(F)F. The van der Waals surface area contributed by atoms with Gasteiger partial charge in [-0.3, -0.25) is 4.79 Å². The molecule has 1 amide bonds. The number of nitrogens with one attached hydrogen (secondary N) is 1. The molecule has 0 aliphatic carbocycles. The highest BCUT2D eigenvalue weighted by Gasteiger charge is 2.27. The lowest BCUT2D eigenvalue weighted by Crippen LogP contribution is -2.34. The summed E-state index contributed by atoms with van der Waals surface area (Å²) in [6.07, 6.45) is -4.34. The van der Waals surface area contributed by atoms with Crippen LogP contribution in [0.3, 0.4) is 0 Å². The van der Waals surface area contributed by atoms with E-state index in [1.165, 1.54) is 11.8 Å². The molecule has 0 aromatic rings. The third-order valence-corrected chi connectivity index (χ3v) is 1.97. The van der Waals surface area contributed by atoms with Crippen molar-refractivity contribution < 1.29 is 18.0 Å². The lowest BCUT2D eigenvalue weighted by Gasteiger charge is -2.07. The molecule has 0 aliphatic rings. The van der Waals surface area contributed by atoms with Crippen LogP contribution in [0, 0.1) is 0 Å². The van der Waals surface area contributed by atoms with E-state index in [9.17, 15) is 18.0 Å². The van der Waals surface area contributed by atoms with E-state index in [4.69, 9.17) is 5.73 Å². The zero-order chi connectivity index (χ0) is 10.3. The van der Waals surface area contributed by atoms with E-state index in [1.54, 1.807) is 5.32 Å². The van der Waals surface area contributed by atoms with Gasteiger partial charge in [0.2, 0.25) is 5.91 Å². The van der Waals surface area contributed by atoms with Crippen molar-refractivity contribution in [3.63, 3.8) is 0 Å². The Bertz CT molecular complexity index is 162. The van der Waals surface area contributed by atoms with Crippen LogP contribution in [0.5, 0.6) is 0 Å². The largest absolute Gasteiger partial charge is 0.405 e. The first kappa shape index (κ1) is 12.6. The van der Waals surface area contributed by atoms with E-state index in [1.807, 2.05) is 0 Å². The highest BCUT2D eigenvalue weighted by atomic mass is 32.2. The lowest BCUT2D eigenvalue weighted by atomic mass is 10.6. The van der Waals surface area contributed by atoms with E-state index in [-0.39, 0.29) is 5.75 Å². The number of rotatable bonds is 5. The molecule has 0 radical (unpaired) electrons. The molecule has 0 heterocycles. The molecule has 0 aromatic heterocycles. The molecule has 0 bridgehead atoms. The molecule has 0 spiro atoms. The summed E-state index contributed by atoms with van der Waals surface area (Å²) in [6, 6.07) is 0. The predicted molar refractivity (Wildman–Crippen MR) is 45.4 cm³/mol. The van der Waals surface area contributed by atoms with E-state index in [0.717, 1.165) is 0 Å². The van der Waals surface area contributed by atoms with Crippen molar-refractivity contribution in [2.75, 3.05) is 24.6 Å². The number of nitrogens with two attached hydrogens (primary N) is 1. The summed E-state index contributed by atoms with van der Waals surface area (Å²) < 4.78 is 34.7. The maximum absolute atomic E-state index is 11.6. The lowest BCUT2D eigenvalue weighted by molar-refractivity contribution is -0.136. The van der Waals surface area contributed by atoms with Gasteiger partial charge in [-0.25, -0.2) is 0 Å². The molecule has 0 saturated carbocycles. The minimum atomic E-state index is -4.34. The number of alkyl halides is 3. The van der Waals surface area contributed by atoms with Gasteiger partial charge in [-0.15, -0.1) is 0 Å². The van der Waals surface area contributed by atoms with Crippen LogP contribution in [0.25, 0.3) is 0 Å². The second-order valence-electron chi connectivity index (χ2n) is 2.23. The topological polar surface area (TPSA) is 55.1 Å². The predicted octanol–water partition coefficient (Wildman–Crippen LogP) is 0.357. The molecule has 3 nitrogen and oxygen atoms in total. The van der Waals surface area contributed by atoms with Gasteiger partial charge in [0, 0.05) is 12.3 Å². The Morgan fingerprint density at radius 2 is 2.08 bits per heavy atom. The monoisotopic (exact) mass is 216 g/mol. The first-order chi connectivity index (χ1) is 5.95. The van der Waals surface area contributed by atoms with Crippen LogP contribution in [-0.4, -0.2) is 36.7 Å². The van der Waals surface area contributed by atoms with Gasteiger partial charge in [0.25, 0.3) is 0 Å². The van der Waals surface area contributed by atoms with Gasteiger partial charge in [0.15, 0.2) is 0 Å². The summed E-state index contributed by atoms with van der Waals surface area (Å²) in [7, 11) is 0. The maximum Gasteiger partial charge on any atom is 0.405 e. The minimum absolute atomic E-state index is 0.0211. The standard InChI is InChI=1S/C6H11F3N2OS/c7-6(8,9)4-11-5(12)3-13-2-1-10/h1-4,10H2,(H,11,12). The summed E-state index contributed by atoms with van der Waals surface area (Å²) in [5.41, 5.74) is 5.13. The van der Waals surface area contributed by atoms with Crippen molar-refractivity contribution in [2.45, 2.75) is 6.18 Å². The smallest absolute Gasteiger partial charge is 0.346 e. The average molecular weight is 216 g/mol. The first-order valence-corrected chi connectivity index (χ1v) is 4.72.